The van der Waals surface area contributed by atoms with Crippen LogP contribution in [0.3, 0.4) is 0 Å². The van der Waals surface area contributed by atoms with Gasteiger partial charge in [-0.05, 0) is 33.9 Å². The largest absolute Gasteiger partial charge is 0.508 e. The van der Waals surface area contributed by atoms with Crippen LogP contribution in [0, 0.1) is 5.82 Å². The standard InChI is InChI=1S/C15H23FN2O2/c1-5-18(6-2)15(20)10-17(4)11(3)13-8-7-12(19)9-14(13)16/h7-9,11,19H,5-6,10H2,1-4H3. The van der Waals surface area contributed by atoms with Crippen LogP contribution in [-0.2, 0) is 4.79 Å². The van der Waals surface area contributed by atoms with Crippen molar-refractivity contribution in [1.82, 2.24) is 9.80 Å². The minimum Gasteiger partial charge on any atom is -0.508 e. The van der Waals surface area contributed by atoms with E-state index in [9.17, 15) is 14.3 Å². The van der Waals surface area contributed by atoms with Gasteiger partial charge in [0.25, 0.3) is 0 Å². The van der Waals surface area contributed by atoms with Crippen molar-refractivity contribution in [3.63, 3.8) is 0 Å². The zero-order valence-corrected chi connectivity index (χ0v) is 12.6. The van der Waals surface area contributed by atoms with Crippen molar-refractivity contribution < 1.29 is 14.3 Å². The van der Waals surface area contributed by atoms with Gasteiger partial charge in [-0.25, -0.2) is 4.39 Å². The summed E-state index contributed by atoms with van der Waals surface area (Å²) in [5.41, 5.74) is 0.470. The highest BCUT2D eigenvalue weighted by atomic mass is 19.1. The zero-order chi connectivity index (χ0) is 15.3. The first-order valence-electron chi connectivity index (χ1n) is 6.87. The minimum atomic E-state index is -0.459. The molecule has 1 N–H and O–H groups in total. The summed E-state index contributed by atoms with van der Waals surface area (Å²) < 4.78 is 13.8. The first-order chi connectivity index (χ1) is 9.40. The Kier molecular flexibility index (Phi) is 5.95. The summed E-state index contributed by atoms with van der Waals surface area (Å²) in [6.45, 7) is 7.29. The summed E-state index contributed by atoms with van der Waals surface area (Å²) >= 11 is 0. The highest BCUT2D eigenvalue weighted by Gasteiger charge is 2.20. The molecule has 0 saturated carbocycles. The van der Waals surface area contributed by atoms with Crippen LogP contribution in [0.25, 0.3) is 0 Å². The van der Waals surface area contributed by atoms with E-state index in [1.807, 2.05) is 20.8 Å². The molecule has 1 aromatic rings. The number of amides is 1. The van der Waals surface area contributed by atoms with Crippen LogP contribution in [-0.4, -0.2) is 47.5 Å². The Hall–Kier alpha value is -1.62. The van der Waals surface area contributed by atoms with Gasteiger partial charge in [0.1, 0.15) is 11.6 Å². The van der Waals surface area contributed by atoms with Gasteiger partial charge in [-0.15, -0.1) is 0 Å². The number of likely N-dealkylation sites (N-methyl/N-ethyl adjacent to an activating group) is 2. The van der Waals surface area contributed by atoms with Crippen LogP contribution < -0.4 is 0 Å². The summed E-state index contributed by atoms with van der Waals surface area (Å²) in [5, 5.41) is 9.23. The monoisotopic (exact) mass is 282 g/mol. The summed E-state index contributed by atoms with van der Waals surface area (Å²) in [6.07, 6.45) is 0. The van der Waals surface area contributed by atoms with Gasteiger partial charge in [0.05, 0.1) is 6.54 Å². The fraction of sp³-hybridized carbons (Fsp3) is 0.533. The first kappa shape index (κ1) is 16.4. The highest BCUT2D eigenvalue weighted by molar-refractivity contribution is 5.78. The van der Waals surface area contributed by atoms with Crippen molar-refractivity contribution in [1.29, 1.82) is 0 Å². The highest BCUT2D eigenvalue weighted by Crippen LogP contribution is 2.24. The number of nitrogens with zero attached hydrogens (tertiary/aromatic N) is 2. The van der Waals surface area contributed by atoms with Crippen molar-refractivity contribution in [2.24, 2.45) is 0 Å². The normalized spacial score (nSPS) is 12.5. The third kappa shape index (κ3) is 3.93. The van der Waals surface area contributed by atoms with Gasteiger partial charge >= 0.3 is 0 Å². The molecule has 1 unspecified atom stereocenters. The molecule has 1 aromatic carbocycles. The van der Waals surface area contributed by atoms with E-state index in [1.165, 1.54) is 6.07 Å². The summed E-state index contributed by atoms with van der Waals surface area (Å²) in [6, 6.07) is 3.85. The third-order valence-electron chi connectivity index (χ3n) is 3.60. The van der Waals surface area contributed by atoms with Gasteiger partial charge in [-0.3, -0.25) is 9.69 Å². The summed E-state index contributed by atoms with van der Waals surface area (Å²) in [5.74, 6) is -0.525. The van der Waals surface area contributed by atoms with Crippen molar-refractivity contribution in [2.75, 3.05) is 26.7 Å². The van der Waals surface area contributed by atoms with Gasteiger partial charge in [0, 0.05) is 30.8 Å². The lowest BCUT2D eigenvalue weighted by Gasteiger charge is -2.28. The molecule has 0 spiro atoms. The molecule has 0 aliphatic heterocycles. The molecule has 5 heteroatoms. The van der Waals surface area contributed by atoms with Gasteiger partial charge in [0.15, 0.2) is 0 Å². The van der Waals surface area contributed by atoms with E-state index in [4.69, 9.17) is 0 Å². The van der Waals surface area contributed by atoms with Crippen molar-refractivity contribution >= 4 is 5.91 Å². The Morgan fingerprint density at radius 1 is 1.35 bits per heavy atom. The van der Waals surface area contributed by atoms with Crippen molar-refractivity contribution in [3.8, 4) is 5.75 Å². The quantitative estimate of drug-likeness (QED) is 0.871. The number of hydrogen-bond acceptors (Lipinski definition) is 3. The molecule has 0 bridgehead atoms. The summed E-state index contributed by atoms with van der Waals surface area (Å²) in [7, 11) is 1.79. The Morgan fingerprint density at radius 2 is 1.95 bits per heavy atom. The second-order valence-electron chi connectivity index (χ2n) is 4.86. The van der Waals surface area contributed by atoms with E-state index in [0.717, 1.165) is 6.07 Å². The molecule has 0 aliphatic carbocycles. The molecule has 112 valence electrons. The van der Waals surface area contributed by atoms with Crippen LogP contribution >= 0.6 is 0 Å². The molecule has 1 amide bonds. The van der Waals surface area contributed by atoms with Crippen molar-refractivity contribution in [2.45, 2.75) is 26.8 Å². The van der Waals surface area contributed by atoms with Crippen LogP contribution in [0.1, 0.15) is 32.4 Å². The Labute approximate surface area is 119 Å². The van der Waals surface area contributed by atoms with E-state index in [1.54, 1.807) is 22.9 Å². The molecule has 0 radical (unpaired) electrons. The smallest absolute Gasteiger partial charge is 0.236 e. The Bertz CT molecular complexity index is 461. The lowest BCUT2D eigenvalue weighted by molar-refractivity contribution is -0.132. The number of carbonyl (C=O) groups excluding carboxylic acids is 1. The van der Waals surface area contributed by atoms with Gasteiger partial charge < -0.3 is 10.0 Å². The topological polar surface area (TPSA) is 43.8 Å². The van der Waals surface area contributed by atoms with Gasteiger partial charge in [-0.2, -0.15) is 0 Å². The van der Waals surface area contributed by atoms with Crippen LogP contribution in [0.5, 0.6) is 5.75 Å². The average molecular weight is 282 g/mol. The lowest BCUT2D eigenvalue weighted by atomic mass is 10.1. The Morgan fingerprint density at radius 3 is 2.45 bits per heavy atom. The molecule has 1 rings (SSSR count). The fourth-order valence-electron chi connectivity index (χ4n) is 2.12. The molecular formula is C15H23FN2O2. The van der Waals surface area contributed by atoms with Crippen LogP contribution in [0.2, 0.25) is 0 Å². The average Bonchev–Trinajstić information content (AvgIpc) is 2.39. The van der Waals surface area contributed by atoms with E-state index in [0.29, 0.717) is 18.7 Å². The fourth-order valence-corrected chi connectivity index (χ4v) is 2.12. The molecular weight excluding hydrogens is 259 g/mol. The molecule has 20 heavy (non-hydrogen) atoms. The number of phenols is 1. The number of aromatic hydroxyl groups is 1. The molecule has 0 heterocycles. The second kappa shape index (κ2) is 7.24. The van der Waals surface area contributed by atoms with Gasteiger partial charge in [0.2, 0.25) is 5.91 Å². The van der Waals surface area contributed by atoms with Crippen LogP contribution in [0.4, 0.5) is 4.39 Å². The molecule has 0 fully saturated rings. The van der Waals surface area contributed by atoms with Crippen LogP contribution in [0.15, 0.2) is 18.2 Å². The van der Waals surface area contributed by atoms with Crippen molar-refractivity contribution in [3.05, 3.63) is 29.6 Å². The maximum atomic E-state index is 13.8. The maximum Gasteiger partial charge on any atom is 0.236 e. The predicted molar refractivity (Wildman–Crippen MR) is 77.0 cm³/mol. The molecule has 1 atom stereocenters. The molecule has 0 aromatic heterocycles. The number of halogens is 1. The van der Waals surface area contributed by atoms with E-state index < -0.39 is 5.82 Å². The van der Waals surface area contributed by atoms with Gasteiger partial charge in [-0.1, -0.05) is 6.07 Å². The second-order valence-corrected chi connectivity index (χ2v) is 4.86. The van der Waals surface area contributed by atoms with E-state index >= 15 is 0 Å². The minimum absolute atomic E-state index is 0.0311. The third-order valence-corrected chi connectivity index (χ3v) is 3.60. The van der Waals surface area contributed by atoms with E-state index in [-0.39, 0.29) is 24.2 Å². The number of rotatable bonds is 6. The predicted octanol–water partition coefficient (Wildman–Crippen LogP) is 2.39. The number of phenolic OH excluding ortho intramolecular Hbond substituents is 1. The number of hydrogen-bond donors (Lipinski definition) is 1. The SMILES string of the molecule is CCN(CC)C(=O)CN(C)C(C)c1ccc(O)cc1F. The molecule has 4 nitrogen and oxygen atoms in total. The number of carbonyl (C=O) groups is 1. The lowest BCUT2D eigenvalue weighted by Crippen LogP contribution is -2.39. The Balaban J connectivity index is 2.76. The van der Waals surface area contributed by atoms with E-state index in [2.05, 4.69) is 0 Å². The molecule has 0 aliphatic rings. The zero-order valence-electron chi connectivity index (χ0n) is 12.6. The molecule has 0 saturated heterocycles. The number of benzene rings is 1. The first-order valence-corrected chi connectivity index (χ1v) is 6.87. The maximum absolute atomic E-state index is 13.8. The summed E-state index contributed by atoms with van der Waals surface area (Å²) in [4.78, 5) is 15.6.